The van der Waals surface area contributed by atoms with E-state index in [1.165, 1.54) is 17.0 Å². The molecule has 138 valence electrons. The lowest BCUT2D eigenvalue weighted by molar-refractivity contribution is -0.252. The van der Waals surface area contributed by atoms with Gasteiger partial charge in [-0.3, -0.25) is 4.90 Å². The van der Waals surface area contributed by atoms with E-state index in [9.17, 15) is 19.1 Å². The molecule has 2 amide bonds. The fourth-order valence-electron chi connectivity index (χ4n) is 3.21. The zero-order chi connectivity index (χ0) is 18.8. The maximum atomic E-state index is 13.8. The molecular weight excluding hydrogens is 327 g/mol. The van der Waals surface area contributed by atoms with E-state index in [1.807, 2.05) is 13.8 Å². The molecule has 25 heavy (non-hydrogen) atoms. The van der Waals surface area contributed by atoms with Crippen molar-refractivity contribution in [2.24, 2.45) is 0 Å². The van der Waals surface area contributed by atoms with Crippen LogP contribution in [0.4, 0.5) is 19.7 Å². The number of ether oxygens (including phenoxy) is 1. The van der Waals surface area contributed by atoms with Crippen molar-refractivity contribution < 1.29 is 23.8 Å². The summed E-state index contributed by atoms with van der Waals surface area (Å²) >= 11 is 0. The van der Waals surface area contributed by atoms with Gasteiger partial charge in [0.25, 0.3) is 0 Å². The van der Waals surface area contributed by atoms with Gasteiger partial charge in [-0.1, -0.05) is 19.9 Å². The number of anilines is 1. The van der Waals surface area contributed by atoms with E-state index in [-0.39, 0.29) is 6.54 Å². The van der Waals surface area contributed by atoms with Crippen molar-refractivity contribution in [2.45, 2.75) is 58.1 Å². The van der Waals surface area contributed by atoms with Gasteiger partial charge in [0.1, 0.15) is 17.5 Å². The predicted molar refractivity (Wildman–Crippen MR) is 89.7 cm³/mol. The number of benzene rings is 1. The van der Waals surface area contributed by atoms with Crippen LogP contribution in [0.1, 0.15) is 52.5 Å². The second-order valence-electron chi connectivity index (χ2n) is 6.93. The number of halogens is 1. The molecule has 1 aliphatic rings. The van der Waals surface area contributed by atoms with Gasteiger partial charge in [0.2, 0.25) is 0 Å². The third-order valence-corrected chi connectivity index (χ3v) is 4.79. The summed E-state index contributed by atoms with van der Waals surface area (Å²) in [6, 6.07) is 4.34. The van der Waals surface area contributed by atoms with Gasteiger partial charge in [0.05, 0.1) is 5.69 Å². The molecule has 1 N–H and O–H groups in total. The van der Waals surface area contributed by atoms with Crippen LogP contribution in [0.3, 0.4) is 0 Å². The fourth-order valence-corrected chi connectivity index (χ4v) is 3.21. The van der Waals surface area contributed by atoms with E-state index in [2.05, 4.69) is 5.32 Å². The largest absolute Gasteiger partial charge is 0.530 e. The number of amides is 2. The number of carbonyl (C=O) groups is 2. The van der Waals surface area contributed by atoms with Crippen LogP contribution >= 0.6 is 0 Å². The lowest BCUT2D eigenvalue weighted by atomic mass is 9.85. The summed E-state index contributed by atoms with van der Waals surface area (Å²) in [6.45, 7) is 7.41. The van der Waals surface area contributed by atoms with E-state index in [0.717, 1.165) is 5.56 Å². The fraction of sp³-hybridized carbons (Fsp3) is 0.556. The highest BCUT2D eigenvalue weighted by Crippen LogP contribution is 2.43. The molecule has 0 saturated carbocycles. The minimum atomic E-state index is -1.38. The Bertz CT molecular complexity index is 671. The van der Waals surface area contributed by atoms with E-state index in [0.29, 0.717) is 24.9 Å². The number of hydrogen-bond acceptors (Lipinski definition) is 4. The summed E-state index contributed by atoms with van der Waals surface area (Å²) in [5.41, 5.74) is -0.320. The van der Waals surface area contributed by atoms with Gasteiger partial charge in [-0.05, 0) is 45.2 Å². The number of carboxylic acid groups (broad SMARTS) is 1. The Morgan fingerprint density at radius 3 is 2.56 bits per heavy atom. The molecule has 0 radical (unpaired) electrons. The standard InChI is InChI=1S/C18H25FN2O4/c1-5-18(6-2)13-8-7-12(19)11-14(13)21(16(24)25-18)10-9-17(3,4)20-15(22)23/h7-8,11,20H,5-6,9-10H2,1-4H3,(H,22,23)/p-1. The lowest BCUT2D eigenvalue weighted by Crippen LogP contribution is -2.52. The minimum Gasteiger partial charge on any atom is -0.530 e. The topological polar surface area (TPSA) is 81.7 Å². The average molecular weight is 351 g/mol. The zero-order valence-electron chi connectivity index (χ0n) is 15.0. The number of carbonyl (C=O) groups excluding carboxylic acids is 2. The van der Waals surface area contributed by atoms with Gasteiger partial charge in [0, 0.05) is 17.6 Å². The van der Waals surface area contributed by atoms with Crippen molar-refractivity contribution >= 4 is 17.9 Å². The Morgan fingerprint density at radius 1 is 1.36 bits per heavy atom. The van der Waals surface area contributed by atoms with Gasteiger partial charge < -0.3 is 20.0 Å². The molecule has 2 rings (SSSR count). The van der Waals surface area contributed by atoms with Gasteiger partial charge in [-0.2, -0.15) is 0 Å². The number of cyclic esters (lactones) is 1. The molecule has 0 aliphatic carbocycles. The summed E-state index contributed by atoms with van der Waals surface area (Å²) in [5.74, 6) is -0.438. The van der Waals surface area contributed by atoms with Crippen LogP contribution in [0.2, 0.25) is 0 Å². The first-order valence-electron chi connectivity index (χ1n) is 8.44. The quantitative estimate of drug-likeness (QED) is 0.854. The zero-order valence-corrected chi connectivity index (χ0v) is 15.0. The van der Waals surface area contributed by atoms with E-state index in [4.69, 9.17) is 4.74 Å². The maximum Gasteiger partial charge on any atom is 0.415 e. The summed E-state index contributed by atoms with van der Waals surface area (Å²) in [5, 5.41) is 13.1. The molecule has 7 heteroatoms. The second-order valence-corrected chi connectivity index (χ2v) is 6.93. The van der Waals surface area contributed by atoms with Crippen LogP contribution in [0.25, 0.3) is 0 Å². The number of rotatable bonds is 6. The second kappa shape index (κ2) is 6.90. The minimum absolute atomic E-state index is 0.187. The summed E-state index contributed by atoms with van der Waals surface area (Å²) in [7, 11) is 0. The van der Waals surface area contributed by atoms with Crippen molar-refractivity contribution in [3.8, 4) is 0 Å². The first-order valence-corrected chi connectivity index (χ1v) is 8.44. The molecule has 6 nitrogen and oxygen atoms in total. The van der Waals surface area contributed by atoms with E-state index in [1.54, 1.807) is 19.9 Å². The molecule has 0 saturated heterocycles. The van der Waals surface area contributed by atoms with Crippen molar-refractivity contribution in [3.63, 3.8) is 0 Å². The molecule has 0 bridgehead atoms. The smallest absolute Gasteiger partial charge is 0.415 e. The van der Waals surface area contributed by atoms with Crippen molar-refractivity contribution in [1.29, 1.82) is 0 Å². The van der Waals surface area contributed by atoms with Crippen molar-refractivity contribution in [1.82, 2.24) is 5.32 Å². The highest BCUT2D eigenvalue weighted by atomic mass is 19.1. The lowest BCUT2D eigenvalue weighted by Gasteiger charge is -2.42. The molecular formula is C18H24FN2O4-. The van der Waals surface area contributed by atoms with Crippen LogP contribution < -0.4 is 15.3 Å². The Morgan fingerprint density at radius 2 is 2.00 bits per heavy atom. The number of nitrogens with one attached hydrogen (secondary N) is 1. The number of fused-ring (bicyclic) bond motifs is 1. The summed E-state index contributed by atoms with van der Waals surface area (Å²) in [6.07, 6.45) is -0.449. The first-order chi connectivity index (χ1) is 11.6. The van der Waals surface area contributed by atoms with Gasteiger partial charge in [-0.15, -0.1) is 0 Å². The predicted octanol–water partition coefficient (Wildman–Crippen LogP) is 2.90. The molecule has 0 fully saturated rings. The normalized spacial score (nSPS) is 16.2. The van der Waals surface area contributed by atoms with E-state index < -0.39 is 29.1 Å². The van der Waals surface area contributed by atoms with Crippen molar-refractivity contribution in [3.05, 3.63) is 29.6 Å². The summed E-state index contributed by atoms with van der Waals surface area (Å²) in [4.78, 5) is 24.7. The monoisotopic (exact) mass is 351 g/mol. The molecule has 1 aliphatic heterocycles. The summed E-state index contributed by atoms with van der Waals surface area (Å²) < 4.78 is 19.5. The van der Waals surface area contributed by atoms with Gasteiger partial charge >= 0.3 is 6.09 Å². The van der Waals surface area contributed by atoms with Gasteiger partial charge in [-0.25, -0.2) is 9.18 Å². The van der Waals surface area contributed by atoms with Crippen LogP contribution in [-0.4, -0.2) is 24.3 Å². The van der Waals surface area contributed by atoms with Gasteiger partial charge in [0.15, 0.2) is 0 Å². The molecule has 1 aromatic carbocycles. The molecule has 1 heterocycles. The van der Waals surface area contributed by atoms with E-state index >= 15 is 0 Å². The highest BCUT2D eigenvalue weighted by Gasteiger charge is 2.43. The number of nitrogens with zero attached hydrogens (tertiary/aromatic N) is 1. The first kappa shape index (κ1) is 19.0. The molecule has 1 aromatic rings. The Balaban J connectivity index is 2.35. The Kier molecular flexibility index (Phi) is 5.25. The van der Waals surface area contributed by atoms with Crippen LogP contribution in [-0.2, 0) is 10.3 Å². The molecule has 0 unspecified atom stereocenters. The third kappa shape index (κ3) is 3.86. The number of hydrogen-bond donors (Lipinski definition) is 1. The van der Waals surface area contributed by atoms with Crippen LogP contribution in [0, 0.1) is 5.82 Å². The molecule has 0 aromatic heterocycles. The Hall–Kier alpha value is -2.31. The molecule has 0 spiro atoms. The van der Waals surface area contributed by atoms with Crippen LogP contribution in [0.5, 0.6) is 0 Å². The average Bonchev–Trinajstić information content (AvgIpc) is 2.51. The maximum absolute atomic E-state index is 13.8. The molecule has 0 atom stereocenters. The SMILES string of the molecule is CCC1(CC)OC(=O)N(CCC(C)(C)NC(=O)[O-])c2cc(F)ccc21. The highest BCUT2D eigenvalue weighted by molar-refractivity contribution is 5.91. The third-order valence-electron chi connectivity index (χ3n) is 4.79. The van der Waals surface area contributed by atoms with Crippen LogP contribution in [0.15, 0.2) is 18.2 Å². The van der Waals surface area contributed by atoms with Crippen molar-refractivity contribution in [2.75, 3.05) is 11.4 Å². The Labute approximate surface area is 147 Å².